The highest BCUT2D eigenvalue weighted by atomic mass is 16.7. The van der Waals surface area contributed by atoms with E-state index in [-0.39, 0.29) is 12.0 Å². The van der Waals surface area contributed by atoms with Crippen molar-refractivity contribution in [1.82, 2.24) is 0 Å². The van der Waals surface area contributed by atoms with E-state index in [1.54, 1.807) is 13.8 Å². The number of hydrogen-bond donors (Lipinski definition) is 4. The van der Waals surface area contributed by atoms with E-state index in [9.17, 15) is 15.3 Å². The lowest BCUT2D eigenvalue weighted by molar-refractivity contribution is -0.323. The van der Waals surface area contributed by atoms with Crippen LogP contribution in [-0.2, 0) is 9.47 Å². The van der Waals surface area contributed by atoms with Crippen LogP contribution >= 0.6 is 0 Å². The Balaban J connectivity index is 2.91. The van der Waals surface area contributed by atoms with Crippen molar-refractivity contribution in [3.8, 4) is 0 Å². The van der Waals surface area contributed by atoms with Gasteiger partial charge in [0.25, 0.3) is 0 Å². The summed E-state index contributed by atoms with van der Waals surface area (Å²) in [6.45, 7) is 8.77. The Bertz CT molecular complexity index is 292. The molecule has 0 aliphatic carbocycles. The molecule has 114 valence electrons. The van der Waals surface area contributed by atoms with Gasteiger partial charge in [-0.3, -0.25) is 0 Å². The number of aliphatic hydroxyl groups is 3. The number of nitrogens with two attached hydrogens (primary N) is 1. The fraction of sp³-hybridized carbons (Fsp3) is 1.00. The molecule has 1 rings (SSSR count). The van der Waals surface area contributed by atoms with Crippen molar-refractivity contribution in [2.24, 2.45) is 17.1 Å². The van der Waals surface area contributed by atoms with Crippen LogP contribution in [0.2, 0.25) is 0 Å². The molecule has 0 aromatic heterocycles. The molecule has 1 fully saturated rings. The maximum absolute atomic E-state index is 10.3. The molecule has 1 aliphatic rings. The van der Waals surface area contributed by atoms with Crippen molar-refractivity contribution in [2.45, 2.75) is 64.9 Å². The maximum Gasteiger partial charge on any atom is 0.188 e. The molecule has 6 heteroatoms. The Labute approximate surface area is 114 Å². The molecule has 0 aromatic carbocycles. The van der Waals surface area contributed by atoms with E-state index in [1.165, 1.54) is 0 Å². The second kappa shape index (κ2) is 5.63. The van der Waals surface area contributed by atoms with Crippen LogP contribution in [0.15, 0.2) is 0 Å². The Morgan fingerprint density at radius 2 is 1.63 bits per heavy atom. The highest BCUT2D eigenvalue weighted by Crippen LogP contribution is 2.39. The summed E-state index contributed by atoms with van der Waals surface area (Å²) in [4.78, 5) is 0. The molecule has 1 aliphatic heterocycles. The van der Waals surface area contributed by atoms with Crippen LogP contribution in [0.25, 0.3) is 0 Å². The van der Waals surface area contributed by atoms with Crippen LogP contribution in [-0.4, -0.2) is 52.3 Å². The summed E-state index contributed by atoms with van der Waals surface area (Å²) in [7, 11) is 0. The molecule has 0 aromatic rings. The zero-order chi connectivity index (χ0) is 15.0. The molecule has 1 saturated heterocycles. The van der Waals surface area contributed by atoms with Crippen molar-refractivity contribution < 1.29 is 24.8 Å². The van der Waals surface area contributed by atoms with E-state index in [2.05, 4.69) is 0 Å². The predicted octanol–water partition coefficient (Wildman–Crippen LogP) is -0.201. The minimum absolute atomic E-state index is 0.253. The van der Waals surface area contributed by atoms with Crippen LogP contribution in [0, 0.1) is 11.3 Å². The molecule has 0 spiro atoms. The summed E-state index contributed by atoms with van der Waals surface area (Å²) in [5, 5.41) is 29.8. The first-order valence-corrected chi connectivity index (χ1v) is 6.56. The van der Waals surface area contributed by atoms with Gasteiger partial charge in [-0.1, -0.05) is 20.8 Å². The molecule has 5 unspecified atom stereocenters. The fourth-order valence-corrected chi connectivity index (χ4v) is 2.55. The number of rotatable bonds is 3. The summed E-state index contributed by atoms with van der Waals surface area (Å²) in [5.74, 6) is -0.395. The summed E-state index contributed by atoms with van der Waals surface area (Å²) >= 11 is 0. The van der Waals surface area contributed by atoms with Gasteiger partial charge in [-0.2, -0.15) is 0 Å². The molecule has 19 heavy (non-hydrogen) atoms. The molecule has 0 radical (unpaired) electrons. The van der Waals surface area contributed by atoms with Gasteiger partial charge in [0.2, 0.25) is 0 Å². The Hall–Kier alpha value is -0.240. The summed E-state index contributed by atoms with van der Waals surface area (Å²) < 4.78 is 11.0. The third-order valence-electron chi connectivity index (χ3n) is 3.31. The lowest BCUT2D eigenvalue weighted by Crippen LogP contribution is -2.61. The van der Waals surface area contributed by atoms with Gasteiger partial charge in [0.1, 0.15) is 11.8 Å². The van der Waals surface area contributed by atoms with E-state index >= 15 is 0 Å². The average molecular weight is 277 g/mol. The smallest absolute Gasteiger partial charge is 0.188 e. The second-order valence-corrected chi connectivity index (χ2v) is 6.82. The standard InChI is InChI=1S/C13H27NO5/c1-12(2,3)8-7(6-15)18-11(10(17)9(8)16)19-13(4,5)14/h7-11,15-17H,6,14H2,1-5H3. The first kappa shape index (κ1) is 16.8. The van der Waals surface area contributed by atoms with Crippen LogP contribution in [0.5, 0.6) is 0 Å². The monoisotopic (exact) mass is 277 g/mol. The van der Waals surface area contributed by atoms with Gasteiger partial charge in [-0.15, -0.1) is 0 Å². The Morgan fingerprint density at radius 3 is 2.00 bits per heavy atom. The first-order chi connectivity index (χ1) is 8.47. The molecular formula is C13H27NO5. The number of ether oxygens (including phenoxy) is 2. The minimum Gasteiger partial charge on any atom is -0.394 e. The van der Waals surface area contributed by atoms with Gasteiger partial charge in [0, 0.05) is 5.92 Å². The third kappa shape index (κ3) is 4.11. The van der Waals surface area contributed by atoms with Gasteiger partial charge in [0.15, 0.2) is 6.29 Å². The fourth-order valence-electron chi connectivity index (χ4n) is 2.55. The van der Waals surface area contributed by atoms with Gasteiger partial charge in [0.05, 0.1) is 18.8 Å². The van der Waals surface area contributed by atoms with Crippen LogP contribution < -0.4 is 5.73 Å². The van der Waals surface area contributed by atoms with Gasteiger partial charge in [-0.05, 0) is 19.3 Å². The van der Waals surface area contributed by atoms with E-state index in [4.69, 9.17) is 15.2 Å². The molecule has 0 saturated carbocycles. The van der Waals surface area contributed by atoms with Crippen LogP contribution in [0.3, 0.4) is 0 Å². The summed E-state index contributed by atoms with van der Waals surface area (Å²) in [6, 6.07) is 0. The van der Waals surface area contributed by atoms with Crippen molar-refractivity contribution in [1.29, 1.82) is 0 Å². The highest BCUT2D eigenvalue weighted by molar-refractivity contribution is 4.95. The SMILES string of the molecule is CC(C)(N)OC1OC(CO)C(C(C)(C)C)C(O)C1O. The van der Waals surface area contributed by atoms with E-state index in [0.29, 0.717) is 0 Å². The van der Waals surface area contributed by atoms with Crippen molar-refractivity contribution >= 4 is 0 Å². The molecule has 5 atom stereocenters. The quantitative estimate of drug-likeness (QED) is 0.532. The maximum atomic E-state index is 10.3. The summed E-state index contributed by atoms with van der Waals surface area (Å²) in [5.41, 5.74) is 4.40. The van der Waals surface area contributed by atoms with E-state index in [0.717, 1.165) is 0 Å². The Morgan fingerprint density at radius 1 is 1.11 bits per heavy atom. The predicted molar refractivity (Wildman–Crippen MR) is 70.1 cm³/mol. The number of aliphatic hydroxyl groups excluding tert-OH is 3. The first-order valence-electron chi connectivity index (χ1n) is 6.56. The van der Waals surface area contributed by atoms with Crippen LogP contribution in [0.1, 0.15) is 34.6 Å². The lowest BCUT2D eigenvalue weighted by atomic mass is 9.71. The minimum atomic E-state index is -1.20. The second-order valence-electron chi connectivity index (χ2n) is 6.82. The normalized spacial score (nSPS) is 37.4. The van der Waals surface area contributed by atoms with Crippen molar-refractivity contribution in [3.63, 3.8) is 0 Å². The lowest BCUT2D eigenvalue weighted by Gasteiger charge is -2.48. The summed E-state index contributed by atoms with van der Waals surface area (Å²) in [6.07, 6.45) is -3.90. The van der Waals surface area contributed by atoms with Crippen LogP contribution in [0.4, 0.5) is 0 Å². The zero-order valence-corrected chi connectivity index (χ0v) is 12.3. The van der Waals surface area contributed by atoms with Gasteiger partial charge in [-0.25, -0.2) is 0 Å². The molecule has 0 bridgehead atoms. The third-order valence-corrected chi connectivity index (χ3v) is 3.31. The largest absolute Gasteiger partial charge is 0.394 e. The highest BCUT2D eigenvalue weighted by Gasteiger charge is 2.50. The van der Waals surface area contributed by atoms with Gasteiger partial charge < -0.3 is 30.5 Å². The molecule has 6 nitrogen and oxygen atoms in total. The molecular weight excluding hydrogens is 250 g/mol. The molecule has 5 N–H and O–H groups in total. The molecule has 1 heterocycles. The average Bonchev–Trinajstić information content (AvgIpc) is 2.20. The Kier molecular flexibility index (Phi) is 4.98. The number of hydrogen-bond acceptors (Lipinski definition) is 6. The van der Waals surface area contributed by atoms with Crippen molar-refractivity contribution in [3.05, 3.63) is 0 Å². The molecule has 0 amide bonds. The van der Waals surface area contributed by atoms with E-state index in [1.807, 2.05) is 20.8 Å². The zero-order valence-electron chi connectivity index (χ0n) is 12.3. The topological polar surface area (TPSA) is 105 Å². The van der Waals surface area contributed by atoms with E-state index < -0.39 is 36.2 Å². The van der Waals surface area contributed by atoms with Crippen molar-refractivity contribution in [2.75, 3.05) is 6.61 Å². The van der Waals surface area contributed by atoms with Gasteiger partial charge >= 0.3 is 0 Å².